The van der Waals surface area contributed by atoms with Gasteiger partial charge in [0.25, 0.3) is 5.91 Å². The normalized spacial score (nSPS) is 11.7. The standard InChI is InChI=1S/C19H19Cl2NO4/c1-11-7-15(8-12(2)19(11)21)26-10-17(23)22-16(9-18(24)25)13-3-5-14(20)6-4-13/h3-8,16H,9-10H2,1-2H3,(H,22,23)(H,24,25). The summed E-state index contributed by atoms with van der Waals surface area (Å²) in [6.45, 7) is 3.47. The largest absolute Gasteiger partial charge is 0.484 e. The number of carboxylic acid groups (broad SMARTS) is 1. The van der Waals surface area contributed by atoms with Crippen molar-refractivity contribution in [3.05, 3.63) is 63.1 Å². The molecular formula is C19H19Cl2NO4. The van der Waals surface area contributed by atoms with Gasteiger partial charge in [0.2, 0.25) is 0 Å². The zero-order chi connectivity index (χ0) is 19.3. The van der Waals surface area contributed by atoms with Gasteiger partial charge in [-0.2, -0.15) is 0 Å². The predicted octanol–water partition coefficient (Wildman–Crippen LogP) is 4.32. The summed E-state index contributed by atoms with van der Waals surface area (Å²) in [4.78, 5) is 23.3. The van der Waals surface area contributed by atoms with E-state index in [0.717, 1.165) is 11.1 Å². The van der Waals surface area contributed by atoms with Crippen LogP contribution in [0.15, 0.2) is 36.4 Å². The molecule has 0 aliphatic rings. The third-order valence-electron chi connectivity index (χ3n) is 3.77. The number of aryl methyl sites for hydroxylation is 2. The molecule has 0 fully saturated rings. The summed E-state index contributed by atoms with van der Waals surface area (Å²) < 4.78 is 5.51. The van der Waals surface area contributed by atoms with Gasteiger partial charge in [0, 0.05) is 10.0 Å². The van der Waals surface area contributed by atoms with Gasteiger partial charge >= 0.3 is 5.97 Å². The summed E-state index contributed by atoms with van der Waals surface area (Å²) in [6.07, 6.45) is -0.244. The monoisotopic (exact) mass is 395 g/mol. The second kappa shape index (κ2) is 8.92. The molecule has 0 heterocycles. The Kier molecular flexibility index (Phi) is 6.89. The lowest BCUT2D eigenvalue weighted by Gasteiger charge is -2.18. The Balaban J connectivity index is 2.03. The fourth-order valence-corrected chi connectivity index (χ4v) is 2.73. The number of halogens is 2. The Morgan fingerprint density at radius 1 is 1.12 bits per heavy atom. The highest BCUT2D eigenvalue weighted by atomic mass is 35.5. The quantitative estimate of drug-likeness (QED) is 0.731. The molecule has 0 saturated carbocycles. The molecule has 2 N–H and O–H groups in total. The van der Waals surface area contributed by atoms with Gasteiger partial charge in [0.05, 0.1) is 12.5 Å². The van der Waals surface area contributed by atoms with Gasteiger partial charge in [-0.05, 0) is 54.8 Å². The number of aliphatic carboxylic acids is 1. The second-order valence-electron chi connectivity index (χ2n) is 5.93. The number of hydrogen-bond acceptors (Lipinski definition) is 3. The summed E-state index contributed by atoms with van der Waals surface area (Å²) in [5.41, 5.74) is 2.36. The van der Waals surface area contributed by atoms with Crippen molar-refractivity contribution >= 4 is 35.1 Å². The van der Waals surface area contributed by atoms with E-state index in [2.05, 4.69) is 5.32 Å². The number of amides is 1. The van der Waals surface area contributed by atoms with Crippen LogP contribution in [-0.2, 0) is 9.59 Å². The van der Waals surface area contributed by atoms with E-state index in [0.29, 0.717) is 21.4 Å². The molecule has 0 aliphatic carbocycles. The number of rotatable bonds is 7. The van der Waals surface area contributed by atoms with E-state index >= 15 is 0 Å². The van der Waals surface area contributed by atoms with E-state index in [-0.39, 0.29) is 13.0 Å². The van der Waals surface area contributed by atoms with E-state index in [4.69, 9.17) is 33.0 Å². The van der Waals surface area contributed by atoms with Crippen molar-refractivity contribution in [3.8, 4) is 5.75 Å². The third-order valence-corrected chi connectivity index (χ3v) is 4.61. The molecule has 2 rings (SSSR count). The smallest absolute Gasteiger partial charge is 0.305 e. The van der Waals surface area contributed by atoms with E-state index < -0.39 is 17.9 Å². The predicted molar refractivity (Wildman–Crippen MR) is 101 cm³/mol. The Bertz CT molecular complexity index is 783. The highest BCUT2D eigenvalue weighted by molar-refractivity contribution is 6.32. The summed E-state index contributed by atoms with van der Waals surface area (Å²) >= 11 is 12.0. The van der Waals surface area contributed by atoms with Gasteiger partial charge in [-0.25, -0.2) is 0 Å². The number of carbonyl (C=O) groups is 2. The van der Waals surface area contributed by atoms with Crippen molar-refractivity contribution in [3.63, 3.8) is 0 Å². The van der Waals surface area contributed by atoms with Crippen LogP contribution < -0.4 is 10.1 Å². The first-order chi connectivity index (χ1) is 12.3. The summed E-state index contributed by atoms with van der Waals surface area (Å²) in [7, 11) is 0. The molecule has 2 aromatic carbocycles. The summed E-state index contributed by atoms with van der Waals surface area (Å²) in [6, 6.07) is 9.48. The average Bonchev–Trinajstić information content (AvgIpc) is 2.57. The fourth-order valence-electron chi connectivity index (χ4n) is 2.50. The second-order valence-corrected chi connectivity index (χ2v) is 6.74. The number of carboxylic acids is 1. The molecule has 0 bridgehead atoms. The lowest BCUT2D eigenvalue weighted by Crippen LogP contribution is -2.33. The number of ether oxygens (including phenoxy) is 1. The minimum atomic E-state index is -1.02. The maximum absolute atomic E-state index is 12.2. The van der Waals surface area contributed by atoms with Crippen LogP contribution in [0.1, 0.15) is 29.2 Å². The number of nitrogens with one attached hydrogen (secondary N) is 1. The summed E-state index contributed by atoms with van der Waals surface area (Å²) in [5, 5.41) is 13.0. The van der Waals surface area contributed by atoms with Crippen LogP contribution >= 0.6 is 23.2 Å². The zero-order valence-electron chi connectivity index (χ0n) is 14.4. The van der Waals surface area contributed by atoms with E-state index in [1.807, 2.05) is 13.8 Å². The molecule has 0 aliphatic heterocycles. The molecule has 0 radical (unpaired) electrons. The van der Waals surface area contributed by atoms with Gasteiger partial charge in [-0.15, -0.1) is 0 Å². The number of benzene rings is 2. The molecule has 26 heavy (non-hydrogen) atoms. The van der Waals surface area contributed by atoms with E-state index in [1.165, 1.54) is 0 Å². The SMILES string of the molecule is Cc1cc(OCC(=O)NC(CC(=O)O)c2ccc(Cl)cc2)cc(C)c1Cl. The Morgan fingerprint density at radius 3 is 2.23 bits per heavy atom. The molecule has 0 aromatic heterocycles. The number of carbonyl (C=O) groups excluding carboxylic acids is 1. The van der Waals surface area contributed by atoms with Crippen LogP contribution in [0.2, 0.25) is 10.0 Å². The lowest BCUT2D eigenvalue weighted by molar-refractivity contribution is -0.137. The van der Waals surface area contributed by atoms with Gasteiger partial charge < -0.3 is 15.2 Å². The first-order valence-electron chi connectivity index (χ1n) is 7.92. The first-order valence-corrected chi connectivity index (χ1v) is 8.68. The molecule has 138 valence electrons. The molecule has 7 heteroatoms. The summed E-state index contributed by atoms with van der Waals surface area (Å²) in [5.74, 6) is -0.910. The molecule has 1 atom stereocenters. The van der Waals surface area contributed by atoms with Crippen LogP contribution in [0.4, 0.5) is 0 Å². The third kappa shape index (κ3) is 5.64. The highest BCUT2D eigenvalue weighted by Gasteiger charge is 2.18. The van der Waals surface area contributed by atoms with Crippen molar-refractivity contribution in [2.45, 2.75) is 26.3 Å². The minimum Gasteiger partial charge on any atom is -0.484 e. The highest BCUT2D eigenvalue weighted by Crippen LogP contribution is 2.26. The maximum atomic E-state index is 12.2. The van der Waals surface area contributed by atoms with Crippen LogP contribution in [0.25, 0.3) is 0 Å². The van der Waals surface area contributed by atoms with Gasteiger partial charge in [-0.1, -0.05) is 35.3 Å². The van der Waals surface area contributed by atoms with Gasteiger partial charge in [0.15, 0.2) is 6.61 Å². The van der Waals surface area contributed by atoms with Crippen LogP contribution in [-0.4, -0.2) is 23.6 Å². The first kappa shape index (κ1) is 20.1. The Labute approximate surface area is 161 Å². The fraction of sp³-hybridized carbons (Fsp3) is 0.263. The van der Waals surface area contributed by atoms with Crippen LogP contribution in [0, 0.1) is 13.8 Å². The van der Waals surface area contributed by atoms with Crippen molar-refractivity contribution < 1.29 is 19.4 Å². The van der Waals surface area contributed by atoms with Crippen LogP contribution in [0.3, 0.4) is 0 Å². The van der Waals surface area contributed by atoms with Crippen molar-refractivity contribution in [1.82, 2.24) is 5.32 Å². The van der Waals surface area contributed by atoms with Crippen molar-refractivity contribution in [1.29, 1.82) is 0 Å². The zero-order valence-corrected chi connectivity index (χ0v) is 15.9. The van der Waals surface area contributed by atoms with Crippen molar-refractivity contribution in [2.75, 3.05) is 6.61 Å². The Morgan fingerprint density at radius 2 is 1.69 bits per heavy atom. The van der Waals surface area contributed by atoms with Gasteiger partial charge in [0.1, 0.15) is 5.75 Å². The molecular weight excluding hydrogens is 377 g/mol. The lowest BCUT2D eigenvalue weighted by atomic mass is 10.0. The molecule has 5 nitrogen and oxygen atoms in total. The van der Waals surface area contributed by atoms with Crippen LogP contribution in [0.5, 0.6) is 5.75 Å². The Hall–Kier alpha value is -2.24. The molecule has 1 unspecified atom stereocenters. The van der Waals surface area contributed by atoms with E-state index in [1.54, 1.807) is 36.4 Å². The molecule has 1 amide bonds. The van der Waals surface area contributed by atoms with Crippen molar-refractivity contribution in [2.24, 2.45) is 0 Å². The van der Waals surface area contributed by atoms with Gasteiger partial charge in [-0.3, -0.25) is 9.59 Å². The average molecular weight is 396 g/mol. The molecule has 2 aromatic rings. The van der Waals surface area contributed by atoms with E-state index in [9.17, 15) is 9.59 Å². The molecule has 0 spiro atoms. The minimum absolute atomic E-state index is 0.232. The maximum Gasteiger partial charge on any atom is 0.305 e. The topological polar surface area (TPSA) is 75.6 Å². The number of hydrogen-bond donors (Lipinski definition) is 2. The molecule has 0 saturated heterocycles.